The third-order valence-corrected chi connectivity index (χ3v) is 5.91. The van der Waals surface area contributed by atoms with E-state index in [1.807, 2.05) is 0 Å². The van der Waals surface area contributed by atoms with Crippen molar-refractivity contribution in [1.82, 2.24) is 4.98 Å². The van der Waals surface area contributed by atoms with Crippen LogP contribution in [-0.4, -0.2) is 18.0 Å². The Kier molecular flexibility index (Phi) is 6.39. The number of thiazole rings is 1. The number of methoxy groups -OCH3 is 1. The fourth-order valence-electron chi connectivity index (χ4n) is 3.19. The number of anilines is 1. The second-order valence-corrected chi connectivity index (χ2v) is 8.53. The third kappa shape index (κ3) is 5.16. The van der Waals surface area contributed by atoms with Crippen molar-refractivity contribution in [2.24, 2.45) is 0 Å². The number of ether oxygens (including phenoxy) is 1. The zero-order valence-electron chi connectivity index (χ0n) is 17.1. The summed E-state index contributed by atoms with van der Waals surface area (Å²) in [4.78, 5) is 17.7. The summed E-state index contributed by atoms with van der Waals surface area (Å²) in [5.74, 6) is 0.797. The van der Waals surface area contributed by atoms with Crippen LogP contribution in [-0.2, 0) is 17.6 Å². The molecule has 0 spiro atoms. The molecule has 2 heterocycles. The SMILES string of the molecule is CCc1ccc(Cc2cnc(NC(=O)C=Cc3cc4cc(Cl)cc(OC)c4o3)s2)cc1. The number of amides is 1. The van der Waals surface area contributed by atoms with E-state index in [9.17, 15) is 4.79 Å². The number of benzene rings is 2. The van der Waals surface area contributed by atoms with Gasteiger partial charge in [0.25, 0.3) is 0 Å². The molecule has 2 aromatic carbocycles. The van der Waals surface area contributed by atoms with Gasteiger partial charge in [-0.05, 0) is 35.8 Å². The minimum Gasteiger partial charge on any atom is -0.493 e. The van der Waals surface area contributed by atoms with Crippen molar-refractivity contribution in [3.05, 3.63) is 81.5 Å². The van der Waals surface area contributed by atoms with Crippen LogP contribution < -0.4 is 10.1 Å². The number of fused-ring (bicyclic) bond motifs is 1. The standard InChI is InChI=1S/C24H21ClN2O3S/c1-3-15-4-6-16(7-5-15)10-20-14-26-24(31-20)27-22(28)9-8-19-12-17-11-18(25)13-21(29-2)23(17)30-19/h4-9,11-14H,3,10H2,1-2H3,(H,26,27,28). The maximum atomic E-state index is 12.3. The highest BCUT2D eigenvalue weighted by molar-refractivity contribution is 7.15. The Morgan fingerprint density at radius 2 is 2.00 bits per heavy atom. The predicted molar refractivity (Wildman–Crippen MR) is 126 cm³/mol. The van der Waals surface area contributed by atoms with Gasteiger partial charge in [-0.1, -0.05) is 42.8 Å². The van der Waals surface area contributed by atoms with E-state index in [1.54, 1.807) is 37.6 Å². The molecule has 0 aliphatic rings. The number of carbonyl (C=O) groups excluding carboxylic acids is 1. The minimum atomic E-state index is -0.279. The molecule has 0 saturated heterocycles. The molecule has 0 fully saturated rings. The van der Waals surface area contributed by atoms with Gasteiger partial charge in [0.1, 0.15) is 5.76 Å². The lowest BCUT2D eigenvalue weighted by Gasteiger charge is -2.00. The monoisotopic (exact) mass is 452 g/mol. The van der Waals surface area contributed by atoms with Crippen molar-refractivity contribution < 1.29 is 13.9 Å². The second-order valence-electron chi connectivity index (χ2n) is 6.98. The van der Waals surface area contributed by atoms with E-state index in [0.29, 0.717) is 27.2 Å². The number of furan rings is 1. The Morgan fingerprint density at radius 3 is 2.74 bits per heavy atom. The van der Waals surface area contributed by atoms with Gasteiger partial charge in [-0.15, -0.1) is 11.3 Å². The molecule has 0 bridgehead atoms. The molecule has 4 rings (SSSR count). The molecule has 1 N–H and O–H groups in total. The van der Waals surface area contributed by atoms with Gasteiger partial charge in [-0.2, -0.15) is 0 Å². The first-order chi connectivity index (χ1) is 15.0. The highest BCUT2D eigenvalue weighted by Gasteiger charge is 2.10. The smallest absolute Gasteiger partial charge is 0.250 e. The van der Waals surface area contributed by atoms with Crippen LogP contribution in [0.4, 0.5) is 5.13 Å². The molecular weight excluding hydrogens is 432 g/mol. The fourth-order valence-corrected chi connectivity index (χ4v) is 4.25. The Bertz CT molecular complexity index is 1240. The molecule has 0 aliphatic carbocycles. The van der Waals surface area contributed by atoms with Crippen molar-refractivity contribution in [2.75, 3.05) is 12.4 Å². The first kappa shape index (κ1) is 21.2. The average Bonchev–Trinajstić information content (AvgIpc) is 3.38. The van der Waals surface area contributed by atoms with Crippen LogP contribution in [0.3, 0.4) is 0 Å². The zero-order chi connectivity index (χ0) is 21.8. The number of hydrogen-bond donors (Lipinski definition) is 1. The maximum Gasteiger partial charge on any atom is 0.250 e. The lowest BCUT2D eigenvalue weighted by molar-refractivity contribution is -0.111. The van der Waals surface area contributed by atoms with E-state index in [0.717, 1.165) is 23.1 Å². The number of hydrogen-bond acceptors (Lipinski definition) is 5. The van der Waals surface area contributed by atoms with Crippen molar-refractivity contribution in [3.8, 4) is 5.75 Å². The molecule has 0 saturated carbocycles. The van der Waals surface area contributed by atoms with E-state index in [4.69, 9.17) is 20.8 Å². The molecule has 31 heavy (non-hydrogen) atoms. The number of rotatable bonds is 7. The molecule has 158 valence electrons. The van der Waals surface area contributed by atoms with Gasteiger partial charge in [-0.3, -0.25) is 10.1 Å². The van der Waals surface area contributed by atoms with Gasteiger partial charge in [0.05, 0.1) is 7.11 Å². The second kappa shape index (κ2) is 9.37. The van der Waals surface area contributed by atoms with E-state index < -0.39 is 0 Å². The Labute approximate surface area is 189 Å². The highest BCUT2D eigenvalue weighted by Crippen LogP contribution is 2.32. The van der Waals surface area contributed by atoms with Crippen LogP contribution in [0.1, 0.15) is 28.7 Å². The normalized spacial score (nSPS) is 11.3. The summed E-state index contributed by atoms with van der Waals surface area (Å²) in [6, 6.07) is 13.8. The zero-order valence-corrected chi connectivity index (χ0v) is 18.7. The van der Waals surface area contributed by atoms with Gasteiger partial charge in [0.2, 0.25) is 5.91 Å². The third-order valence-electron chi connectivity index (χ3n) is 4.78. The molecule has 0 aliphatic heterocycles. The fraction of sp³-hybridized carbons (Fsp3) is 0.167. The van der Waals surface area contributed by atoms with Crippen molar-refractivity contribution in [1.29, 1.82) is 0 Å². The summed E-state index contributed by atoms with van der Waals surface area (Å²) in [5.41, 5.74) is 3.13. The first-order valence-corrected chi connectivity index (χ1v) is 11.0. The lowest BCUT2D eigenvalue weighted by Crippen LogP contribution is -2.06. The molecule has 0 radical (unpaired) electrons. The summed E-state index contributed by atoms with van der Waals surface area (Å²) >= 11 is 7.55. The molecule has 5 nitrogen and oxygen atoms in total. The van der Waals surface area contributed by atoms with E-state index in [2.05, 4.69) is 41.5 Å². The summed E-state index contributed by atoms with van der Waals surface area (Å²) in [6.45, 7) is 2.14. The van der Waals surface area contributed by atoms with Gasteiger partial charge in [0, 0.05) is 40.0 Å². The molecular formula is C24H21ClN2O3S. The first-order valence-electron chi connectivity index (χ1n) is 9.82. The summed E-state index contributed by atoms with van der Waals surface area (Å²) in [7, 11) is 1.55. The predicted octanol–water partition coefficient (Wildman–Crippen LogP) is 6.36. The van der Waals surface area contributed by atoms with E-state index in [-0.39, 0.29) is 5.91 Å². The average molecular weight is 453 g/mol. The molecule has 2 aromatic heterocycles. The number of aryl methyl sites for hydroxylation is 1. The molecule has 4 aromatic rings. The van der Waals surface area contributed by atoms with Gasteiger partial charge >= 0.3 is 0 Å². The van der Waals surface area contributed by atoms with Crippen molar-refractivity contribution in [3.63, 3.8) is 0 Å². The van der Waals surface area contributed by atoms with Crippen LogP contribution in [0.25, 0.3) is 17.0 Å². The summed E-state index contributed by atoms with van der Waals surface area (Å²) < 4.78 is 11.1. The quantitative estimate of drug-likeness (QED) is 0.331. The van der Waals surface area contributed by atoms with Crippen LogP contribution in [0, 0.1) is 0 Å². The van der Waals surface area contributed by atoms with Gasteiger partial charge < -0.3 is 9.15 Å². The van der Waals surface area contributed by atoms with E-state index >= 15 is 0 Å². The summed E-state index contributed by atoms with van der Waals surface area (Å²) in [5, 5.41) is 4.72. The van der Waals surface area contributed by atoms with Crippen LogP contribution in [0.15, 0.2) is 59.2 Å². The molecule has 1 amide bonds. The minimum absolute atomic E-state index is 0.279. The lowest BCUT2D eigenvalue weighted by atomic mass is 10.1. The summed E-state index contributed by atoms with van der Waals surface area (Å²) in [6.07, 6.45) is 6.63. The number of halogens is 1. The van der Waals surface area contributed by atoms with Gasteiger partial charge in [0.15, 0.2) is 16.5 Å². The number of carbonyl (C=O) groups is 1. The molecule has 0 atom stereocenters. The van der Waals surface area contributed by atoms with Crippen LogP contribution >= 0.6 is 22.9 Å². The Morgan fingerprint density at radius 1 is 1.23 bits per heavy atom. The Balaban J connectivity index is 1.39. The van der Waals surface area contributed by atoms with Crippen LogP contribution in [0.5, 0.6) is 5.75 Å². The number of aromatic nitrogens is 1. The van der Waals surface area contributed by atoms with Crippen molar-refractivity contribution >= 4 is 51.0 Å². The van der Waals surface area contributed by atoms with E-state index in [1.165, 1.54) is 28.5 Å². The molecule has 0 unspecified atom stereocenters. The van der Waals surface area contributed by atoms with Gasteiger partial charge in [-0.25, -0.2) is 4.98 Å². The Hall–Kier alpha value is -3.09. The molecule has 7 heteroatoms. The van der Waals surface area contributed by atoms with Crippen molar-refractivity contribution in [2.45, 2.75) is 19.8 Å². The number of nitrogens with zero attached hydrogens (tertiary/aromatic N) is 1. The topological polar surface area (TPSA) is 64.4 Å². The highest BCUT2D eigenvalue weighted by atomic mass is 35.5. The number of nitrogens with one attached hydrogen (secondary N) is 1. The van der Waals surface area contributed by atoms with Crippen LogP contribution in [0.2, 0.25) is 5.02 Å². The maximum absolute atomic E-state index is 12.3. The largest absolute Gasteiger partial charge is 0.493 e.